The van der Waals surface area contributed by atoms with E-state index in [1.807, 2.05) is 42.5 Å². The van der Waals surface area contributed by atoms with Crippen molar-refractivity contribution in [3.63, 3.8) is 0 Å². The lowest BCUT2D eigenvalue weighted by molar-refractivity contribution is 0.0471. The lowest BCUT2D eigenvalue weighted by atomic mass is 10.0. The summed E-state index contributed by atoms with van der Waals surface area (Å²) in [6.45, 7) is 3.23. The van der Waals surface area contributed by atoms with Crippen LogP contribution in [0, 0.1) is 6.92 Å². The molecule has 1 atom stereocenters. The Kier molecular flexibility index (Phi) is 6.09. The molecule has 0 radical (unpaired) electrons. The Morgan fingerprint density at radius 3 is 2.35 bits per heavy atom. The van der Waals surface area contributed by atoms with Crippen LogP contribution in [0.25, 0.3) is 0 Å². The summed E-state index contributed by atoms with van der Waals surface area (Å²) in [6.07, 6.45) is 0.0653. The molecule has 0 aromatic heterocycles. The molecule has 3 heteroatoms. The molecule has 0 aliphatic rings. The number of ether oxygens (including phenoxy) is 2. The molecule has 20 heavy (non-hydrogen) atoms. The molecule has 1 unspecified atom stereocenters. The van der Waals surface area contributed by atoms with Crippen LogP contribution in [0.15, 0.2) is 54.6 Å². The molecular formula is C17H19BrO2. The van der Waals surface area contributed by atoms with E-state index in [-0.39, 0.29) is 6.10 Å². The summed E-state index contributed by atoms with van der Waals surface area (Å²) in [5.41, 5.74) is 2.48. The van der Waals surface area contributed by atoms with Crippen LogP contribution in [-0.2, 0) is 4.74 Å². The Bertz CT molecular complexity index is 513. The van der Waals surface area contributed by atoms with E-state index in [0.29, 0.717) is 13.2 Å². The normalized spacial score (nSPS) is 12.1. The molecule has 2 rings (SSSR count). The van der Waals surface area contributed by atoms with Gasteiger partial charge in [-0.1, -0.05) is 58.4 Å². The van der Waals surface area contributed by atoms with E-state index in [2.05, 4.69) is 35.0 Å². The van der Waals surface area contributed by atoms with Gasteiger partial charge >= 0.3 is 0 Å². The predicted molar refractivity (Wildman–Crippen MR) is 85.6 cm³/mol. The van der Waals surface area contributed by atoms with Crippen LogP contribution in [0.4, 0.5) is 0 Å². The number of para-hydroxylation sites is 1. The number of benzene rings is 2. The Morgan fingerprint density at radius 1 is 0.950 bits per heavy atom. The lowest BCUT2D eigenvalue weighted by Gasteiger charge is -2.18. The van der Waals surface area contributed by atoms with Crippen molar-refractivity contribution in [2.45, 2.75) is 13.0 Å². The van der Waals surface area contributed by atoms with Gasteiger partial charge in [0.1, 0.15) is 12.4 Å². The van der Waals surface area contributed by atoms with Crippen molar-refractivity contribution in [2.75, 3.05) is 18.5 Å². The largest absolute Gasteiger partial charge is 0.491 e. The van der Waals surface area contributed by atoms with Crippen molar-refractivity contribution < 1.29 is 9.47 Å². The van der Waals surface area contributed by atoms with Crippen LogP contribution in [0.5, 0.6) is 5.75 Å². The number of hydrogen-bond donors (Lipinski definition) is 0. The van der Waals surface area contributed by atoms with Crippen LogP contribution in [0.3, 0.4) is 0 Å². The minimum atomic E-state index is 0.0653. The third-order valence-electron chi connectivity index (χ3n) is 3.09. The summed E-state index contributed by atoms with van der Waals surface area (Å²) in [5, 5.41) is 0.781. The molecule has 0 aliphatic carbocycles. The first-order valence-corrected chi connectivity index (χ1v) is 7.84. The van der Waals surface area contributed by atoms with Gasteiger partial charge in [-0.25, -0.2) is 0 Å². The Labute approximate surface area is 128 Å². The molecule has 0 fully saturated rings. The summed E-state index contributed by atoms with van der Waals surface area (Å²) < 4.78 is 11.5. The fourth-order valence-electron chi connectivity index (χ4n) is 2.03. The minimum Gasteiger partial charge on any atom is -0.491 e. The van der Waals surface area contributed by atoms with Crippen LogP contribution < -0.4 is 4.74 Å². The highest BCUT2D eigenvalue weighted by atomic mass is 79.9. The molecule has 106 valence electrons. The van der Waals surface area contributed by atoms with Gasteiger partial charge in [0.2, 0.25) is 0 Å². The average molecular weight is 335 g/mol. The third-order valence-corrected chi connectivity index (χ3v) is 3.68. The maximum atomic E-state index is 5.91. The maximum absolute atomic E-state index is 5.91. The minimum absolute atomic E-state index is 0.0653. The molecule has 2 aromatic rings. The number of rotatable bonds is 7. The average Bonchev–Trinajstić information content (AvgIpc) is 2.50. The first-order valence-electron chi connectivity index (χ1n) is 6.72. The van der Waals surface area contributed by atoms with Gasteiger partial charge in [0, 0.05) is 5.33 Å². The molecular weight excluding hydrogens is 316 g/mol. The first kappa shape index (κ1) is 15.1. The standard InChI is InChI=1S/C17H19BrO2/c1-14-7-5-6-10-16(14)17(13-18)20-12-11-19-15-8-3-2-4-9-15/h2-10,17H,11-13H2,1H3. The van der Waals surface area contributed by atoms with E-state index in [1.54, 1.807) is 0 Å². The van der Waals surface area contributed by atoms with Gasteiger partial charge in [-0.3, -0.25) is 0 Å². The second-order valence-corrected chi connectivity index (χ2v) is 5.18. The van der Waals surface area contributed by atoms with Crippen molar-refractivity contribution in [2.24, 2.45) is 0 Å². The highest BCUT2D eigenvalue weighted by Gasteiger charge is 2.12. The van der Waals surface area contributed by atoms with E-state index in [0.717, 1.165) is 11.1 Å². The highest BCUT2D eigenvalue weighted by Crippen LogP contribution is 2.23. The fourth-order valence-corrected chi connectivity index (χ4v) is 2.57. The first-order chi connectivity index (χ1) is 9.81. The second-order valence-electron chi connectivity index (χ2n) is 4.53. The van der Waals surface area contributed by atoms with Gasteiger partial charge in [-0.05, 0) is 30.2 Å². The quantitative estimate of drug-likeness (QED) is 0.547. The second kappa shape index (κ2) is 8.08. The molecule has 0 bridgehead atoms. The van der Waals surface area contributed by atoms with Crippen molar-refractivity contribution in [1.29, 1.82) is 0 Å². The van der Waals surface area contributed by atoms with Gasteiger partial charge in [-0.15, -0.1) is 0 Å². The van der Waals surface area contributed by atoms with Gasteiger partial charge < -0.3 is 9.47 Å². The summed E-state index contributed by atoms with van der Waals surface area (Å²) in [7, 11) is 0. The van der Waals surface area contributed by atoms with E-state index >= 15 is 0 Å². The number of alkyl halides is 1. The summed E-state index contributed by atoms with van der Waals surface area (Å²) >= 11 is 3.52. The van der Waals surface area contributed by atoms with Gasteiger partial charge in [0.15, 0.2) is 0 Å². The van der Waals surface area contributed by atoms with Gasteiger partial charge in [0.25, 0.3) is 0 Å². The Hall–Kier alpha value is -1.32. The van der Waals surface area contributed by atoms with E-state index in [9.17, 15) is 0 Å². The Balaban J connectivity index is 1.81. The monoisotopic (exact) mass is 334 g/mol. The smallest absolute Gasteiger partial charge is 0.119 e. The molecule has 0 N–H and O–H groups in total. The molecule has 0 aliphatic heterocycles. The predicted octanol–water partition coefficient (Wildman–Crippen LogP) is 4.53. The molecule has 0 heterocycles. The Morgan fingerprint density at radius 2 is 1.65 bits per heavy atom. The topological polar surface area (TPSA) is 18.5 Å². The van der Waals surface area contributed by atoms with Gasteiger partial charge in [0.05, 0.1) is 12.7 Å². The van der Waals surface area contributed by atoms with Crippen LogP contribution in [0.2, 0.25) is 0 Å². The fraction of sp³-hybridized carbons (Fsp3) is 0.294. The van der Waals surface area contributed by atoms with Crippen molar-refractivity contribution in [1.82, 2.24) is 0 Å². The zero-order valence-corrected chi connectivity index (χ0v) is 13.2. The summed E-state index contributed by atoms with van der Waals surface area (Å²) in [6, 6.07) is 18.1. The van der Waals surface area contributed by atoms with Crippen molar-refractivity contribution in [3.8, 4) is 5.75 Å². The van der Waals surface area contributed by atoms with Crippen LogP contribution >= 0.6 is 15.9 Å². The molecule has 0 spiro atoms. The SMILES string of the molecule is Cc1ccccc1C(CBr)OCCOc1ccccc1. The summed E-state index contributed by atoms with van der Waals surface area (Å²) in [4.78, 5) is 0. The highest BCUT2D eigenvalue weighted by molar-refractivity contribution is 9.09. The zero-order valence-electron chi connectivity index (χ0n) is 11.6. The molecule has 0 amide bonds. The number of aryl methyl sites for hydroxylation is 1. The van der Waals surface area contributed by atoms with Gasteiger partial charge in [-0.2, -0.15) is 0 Å². The van der Waals surface area contributed by atoms with E-state index in [1.165, 1.54) is 11.1 Å². The van der Waals surface area contributed by atoms with E-state index in [4.69, 9.17) is 9.47 Å². The number of hydrogen-bond acceptors (Lipinski definition) is 2. The van der Waals surface area contributed by atoms with Crippen LogP contribution in [-0.4, -0.2) is 18.5 Å². The molecule has 2 nitrogen and oxygen atoms in total. The van der Waals surface area contributed by atoms with Crippen molar-refractivity contribution in [3.05, 3.63) is 65.7 Å². The van der Waals surface area contributed by atoms with Crippen molar-refractivity contribution >= 4 is 15.9 Å². The molecule has 2 aromatic carbocycles. The molecule has 0 saturated heterocycles. The zero-order chi connectivity index (χ0) is 14.2. The third kappa shape index (κ3) is 4.36. The lowest BCUT2D eigenvalue weighted by Crippen LogP contribution is -2.13. The van der Waals surface area contributed by atoms with E-state index < -0.39 is 0 Å². The van der Waals surface area contributed by atoms with Crippen LogP contribution in [0.1, 0.15) is 17.2 Å². The summed E-state index contributed by atoms with van der Waals surface area (Å²) in [5.74, 6) is 0.877. The number of halogens is 1. The molecule has 0 saturated carbocycles. The maximum Gasteiger partial charge on any atom is 0.119 e.